The van der Waals surface area contributed by atoms with E-state index in [1.165, 1.54) is 10.5 Å². The molecule has 1 aliphatic carbocycles. The lowest BCUT2D eigenvalue weighted by atomic mass is 10.2. The van der Waals surface area contributed by atoms with Crippen LogP contribution in [0.4, 0.5) is 5.82 Å². The minimum atomic E-state index is -3.49. The SMILES string of the molecule is CC(C(=O)NC1CC1)N1CCN(c2ccc(S(=O)(=O)N3CCN(C)CC3)cn2)CC1. The molecule has 1 N–H and O–H groups in total. The number of aromatic nitrogens is 1. The number of sulfonamides is 1. The third-order valence-corrected chi connectivity index (χ3v) is 8.19. The van der Waals surface area contributed by atoms with Gasteiger partial charge in [0.1, 0.15) is 10.7 Å². The van der Waals surface area contributed by atoms with Gasteiger partial charge in [-0.05, 0) is 38.9 Å². The normalized spacial score (nSPS) is 23.3. The lowest BCUT2D eigenvalue weighted by Crippen LogP contribution is -2.54. The highest BCUT2D eigenvalue weighted by Gasteiger charge is 2.31. The topological polar surface area (TPSA) is 89.1 Å². The zero-order valence-corrected chi connectivity index (χ0v) is 18.6. The van der Waals surface area contributed by atoms with Gasteiger partial charge in [-0.1, -0.05) is 0 Å². The number of piperazine rings is 2. The number of likely N-dealkylation sites (N-methyl/N-ethyl adjacent to an activating group) is 1. The van der Waals surface area contributed by atoms with Gasteiger partial charge in [-0.2, -0.15) is 4.31 Å². The second-order valence-corrected chi connectivity index (χ2v) is 10.5. The molecule has 0 radical (unpaired) electrons. The van der Waals surface area contributed by atoms with E-state index in [0.717, 1.165) is 57.9 Å². The number of nitrogens with one attached hydrogen (secondary N) is 1. The molecule has 3 heterocycles. The number of rotatable bonds is 6. The van der Waals surface area contributed by atoms with E-state index in [-0.39, 0.29) is 16.8 Å². The lowest BCUT2D eigenvalue weighted by Gasteiger charge is -2.38. The molecule has 1 aromatic rings. The highest BCUT2D eigenvalue weighted by atomic mass is 32.2. The van der Waals surface area contributed by atoms with Gasteiger partial charge in [0.25, 0.3) is 0 Å². The average molecular weight is 437 g/mol. The van der Waals surface area contributed by atoms with Gasteiger partial charge in [-0.3, -0.25) is 9.69 Å². The monoisotopic (exact) mass is 436 g/mol. The molecule has 9 nitrogen and oxygen atoms in total. The van der Waals surface area contributed by atoms with E-state index < -0.39 is 10.0 Å². The molecule has 1 saturated carbocycles. The number of carbonyl (C=O) groups is 1. The maximum atomic E-state index is 12.9. The van der Waals surface area contributed by atoms with Crippen LogP contribution < -0.4 is 10.2 Å². The molecule has 2 aliphatic heterocycles. The molecule has 166 valence electrons. The summed E-state index contributed by atoms with van der Waals surface area (Å²) in [6.45, 7) is 7.55. The van der Waals surface area contributed by atoms with Crippen molar-refractivity contribution in [2.45, 2.75) is 36.7 Å². The molecule has 4 rings (SSSR count). The Morgan fingerprint density at radius 3 is 2.30 bits per heavy atom. The van der Waals surface area contributed by atoms with Gasteiger partial charge in [0, 0.05) is 64.6 Å². The standard InChI is InChI=1S/C20H32N6O3S/c1-16(20(27)22-17-3-4-17)24-9-11-25(12-10-24)19-6-5-18(15-21-19)30(28,29)26-13-7-23(2)8-14-26/h5-6,15-17H,3-4,7-14H2,1-2H3,(H,22,27). The van der Waals surface area contributed by atoms with Gasteiger partial charge < -0.3 is 15.1 Å². The molecule has 1 aromatic heterocycles. The minimum absolute atomic E-state index is 0.113. The summed E-state index contributed by atoms with van der Waals surface area (Å²) in [5.41, 5.74) is 0. The van der Waals surface area contributed by atoms with E-state index >= 15 is 0 Å². The fourth-order valence-electron chi connectivity index (χ4n) is 3.94. The Balaban J connectivity index is 1.33. The van der Waals surface area contributed by atoms with Crippen molar-refractivity contribution >= 4 is 21.7 Å². The first-order valence-electron chi connectivity index (χ1n) is 10.8. The van der Waals surface area contributed by atoms with Gasteiger partial charge in [-0.25, -0.2) is 13.4 Å². The van der Waals surface area contributed by atoms with Crippen LogP contribution in [0.1, 0.15) is 19.8 Å². The highest BCUT2D eigenvalue weighted by Crippen LogP contribution is 2.22. The molecule has 2 saturated heterocycles. The van der Waals surface area contributed by atoms with Crippen LogP contribution in [0.5, 0.6) is 0 Å². The Labute approximate surface area is 179 Å². The maximum Gasteiger partial charge on any atom is 0.244 e. The summed E-state index contributed by atoms with van der Waals surface area (Å²) in [7, 11) is -1.49. The number of amides is 1. The Morgan fingerprint density at radius 1 is 1.07 bits per heavy atom. The van der Waals surface area contributed by atoms with E-state index in [0.29, 0.717) is 19.1 Å². The predicted molar refractivity (Wildman–Crippen MR) is 115 cm³/mol. The third-order valence-electron chi connectivity index (χ3n) is 6.31. The third kappa shape index (κ3) is 4.77. The average Bonchev–Trinajstić information content (AvgIpc) is 3.58. The Bertz CT molecular complexity index is 842. The van der Waals surface area contributed by atoms with Crippen LogP contribution >= 0.6 is 0 Å². The van der Waals surface area contributed by atoms with Crippen LogP contribution in [0.25, 0.3) is 0 Å². The number of nitrogens with zero attached hydrogens (tertiary/aromatic N) is 5. The van der Waals surface area contributed by atoms with Crippen molar-refractivity contribution in [3.8, 4) is 0 Å². The maximum absolute atomic E-state index is 12.9. The summed E-state index contributed by atoms with van der Waals surface area (Å²) in [5, 5.41) is 3.07. The first-order valence-corrected chi connectivity index (χ1v) is 12.2. The van der Waals surface area contributed by atoms with Crippen molar-refractivity contribution in [1.29, 1.82) is 0 Å². The van der Waals surface area contributed by atoms with Crippen molar-refractivity contribution in [3.05, 3.63) is 18.3 Å². The fourth-order valence-corrected chi connectivity index (χ4v) is 5.31. The second-order valence-electron chi connectivity index (χ2n) is 8.54. The molecule has 30 heavy (non-hydrogen) atoms. The molecular formula is C20H32N6O3S. The summed E-state index contributed by atoms with van der Waals surface area (Å²) < 4.78 is 27.2. The molecule has 0 aromatic carbocycles. The van der Waals surface area contributed by atoms with Gasteiger partial charge in [0.2, 0.25) is 15.9 Å². The summed E-state index contributed by atoms with van der Waals surface area (Å²) in [6, 6.07) is 3.71. The molecule has 0 spiro atoms. The summed E-state index contributed by atoms with van der Waals surface area (Å²) in [6.07, 6.45) is 3.66. The molecule has 1 unspecified atom stereocenters. The lowest BCUT2D eigenvalue weighted by molar-refractivity contribution is -0.126. The molecule has 10 heteroatoms. The molecule has 1 atom stereocenters. The van der Waals surface area contributed by atoms with Crippen molar-refractivity contribution in [1.82, 2.24) is 24.4 Å². The first kappa shape index (κ1) is 21.5. The zero-order valence-electron chi connectivity index (χ0n) is 17.8. The van der Waals surface area contributed by atoms with Gasteiger partial charge in [-0.15, -0.1) is 0 Å². The predicted octanol–water partition coefficient (Wildman–Crippen LogP) is -0.193. The highest BCUT2D eigenvalue weighted by molar-refractivity contribution is 7.89. The van der Waals surface area contributed by atoms with Crippen LogP contribution in [-0.2, 0) is 14.8 Å². The van der Waals surface area contributed by atoms with Crippen molar-refractivity contribution in [3.63, 3.8) is 0 Å². The zero-order chi connectivity index (χ0) is 21.3. The fraction of sp³-hybridized carbons (Fsp3) is 0.700. The summed E-state index contributed by atoms with van der Waals surface area (Å²) >= 11 is 0. The molecule has 0 bridgehead atoms. The number of pyridine rings is 1. The van der Waals surface area contributed by atoms with Crippen LogP contribution in [0, 0.1) is 0 Å². The molecule has 1 amide bonds. The van der Waals surface area contributed by atoms with E-state index in [9.17, 15) is 13.2 Å². The Hall–Kier alpha value is -1.75. The van der Waals surface area contributed by atoms with Gasteiger partial charge in [0.05, 0.1) is 6.04 Å². The number of anilines is 1. The van der Waals surface area contributed by atoms with Crippen LogP contribution in [0.15, 0.2) is 23.2 Å². The van der Waals surface area contributed by atoms with E-state index in [1.54, 1.807) is 12.1 Å². The number of hydrogen-bond acceptors (Lipinski definition) is 7. The second kappa shape index (κ2) is 8.78. The number of carbonyl (C=O) groups excluding carboxylic acids is 1. The quantitative estimate of drug-likeness (QED) is 0.661. The smallest absolute Gasteiger partial charge is 0.244 e. The van der Waals surface area contributed by atoms with Crippen LogP contribution in [0.3, 0.4) is 0 Å². The van der Waals surface area contributed by atoms with Crippen molar-refractivity contribution < 1.29 is 13.2 Å². The Morgan fingerprint density at radius 2 is 1.73 bits per heavy atom. The van der Waals surface area contributed by atoms with Gasteiger partial charge >= 0.3 is 0 Å². The van der Waals surface area contributed by atoms with E-state index in [4.69, 9.17) is 0 Å². The molecule has 3 aliphatic rings. The van der Waals surface area contributed by atoms with Crippen LogP contribution in [0.2, 0.25) is 0 Å². The van der Waals surface area contributed by atoms with Crippen LogP contribution in [-0.4, -0.2) is 105 Å². The van der Waals surface area contributed by atoms with Crippen molar-refractivity contribution in [2.24, 2.45) is 0 Å². The van der Waals surface area contributed by atoms with E-state index in [2.05, 4.69) is 25.0 Å². The largest absolute Gasteiger partial charge is 0.354 e. The first-order chi connectivity index (χ1) is 14.3. The van der Waals surface area contributed by atoms with E-state index in [1.807, 2.05) is 14.0 Å². The summed E-state index contributed by atoms with van der Waals surface area (Å²) in [4.78, 5) is 23.4. The minimum Gasteiger partial charge on any atom is -0.354 e. The van der Waals surface area contributed by atoms with Gasteiger partial charge in [0.15, 0.2) is 0 Å². The molecular weight excluding hydrogens is 404 g/mol. The molecule has 3 fully saturated rings. The summed E-state index contributed by atoms with van der Waals surface area (Å²) in [5.74, 6) is 0.893. The Kier molecular flexibility index (Phi) is 6.29. The van der Waals surface area contributed by atoms with Crippen molar-refractivity contribution in [2.75, 3.05) is 64.3 Å². The number of hydrogen-bond donors (Lipinski definition) is 1.